The average Bonchev–Trinajstić information content (AvgIpc) is 2.65. The Morgan fingerprint density at radius 2 is 2.00 bits per heavy atom. The van der Waals surface area contributed by atoms with Gasteiger partial charge in [-0.1, -0.05) is 28.1 Å². The van der Waals surface area contributed by atoms with E-state index in [-0.39, 0.29) is 18.0 Å². The lowest BCUT2D eigenvalue weighted by atomic mass is 10.1. The van der Waals surface area contributed by atoms with E-state index in [9.17, 15) is 9.59 Å². The van der Waals surface area contributed by atoms with Gasteiger partial charge < -0.3 is 10.1 Å². The Bertz CT molecular complexity index is 983. The largest absolute Gasteiger partial charge is 0.497 e. The first-order valence-corrected chi connectivity index (χ1v) is 8.90. The molecule has 0 fully saturated rings. The van der Waals surface area contributed by atoms with Gasteiger partial charge >= 0.3 is 0 Å². The van der Waals surface area contributed by atoms with Crippen LogP contribution in [0.4, 0.5) is 0 Å². The first-order valence-electron chi connectivity index (χ1n) is 8.11. The monoisotopic (exact) mass is 415 g/mol. The highest BCUT2D eigenvalue weighted by atomic mass is 79.9. The van der Waals surface area contributed by atoms with Crippen molar-refractivity contribution in [2.75, 3.05) is 13.7 Å². The van der Waals surface area contributed by atoms with Crippen LogP contribution in [0.25, 0.3) is 10.9 Å². The summed E-state index contributed by atoms with van der Waals surface area (Å²) in [4.78, 5) is 28.8. The highest BCUT2D eigenvalue weighted by Crippen LogP contribution is 2.14. The summed E-state index contributed by atoms with van der Waals surface area (Å²) in [7, 11) is 1.62. The molecule has 0 aliphatic carbocycles. The summed E-state index contributed by atoms with van der Waals surface area (Å²) in [5.41, 5.74) is 1.47. The smallest absolute Gasteiger partial charge is 0.261 e. The third-order valence-corrected chi connectivity index (χ3v) is 4.49. The lowest BCUT2D eigenvalue weighted by Gasteiger charge is -2.08. The second-order valence-corrected chi connectivity index (χ2v) is 6.70. The van der Waals surface area contributed by atoms with Gasteiger partial charge in [0.05, 0.1) is 24.3 Å². The summed E-state index contributed by atoms with van der Waals surface area (Å²) >= 11 is 3.34. The fourth-order valence-electron chi connectivity index (χ4n) is 2.59. The number of carbonyl (C=O) groups excluding carboxylic acids is 1. The number of aromatic nitrogens is 2. The van der Waals surface area contributed by atoms with Crippen molar-refractivity contribution in [1.82, 2.24) is 14.9 Å². The van der Waals surface area contributed by atoms with E-state index in [0.717, 1.165) is 15.8 Å². The van der Waals surface area contributed by atoms with E-state index >= 15 is 0 Å². The van der Waals surface area contributed by atoms with Crippen molar-refractivity contribution >= 4 is 32.7 Å². The molecule has 2 aromatic carbocycles. The molecular weight excluding hydrogens is 398 g/mol. The first kappa shape index (κ1) is 18.1. The molecular formula is C19H18BrN3O3. The molecule has 134 valence electrons. The molecule has 0 atom stereocenters. The zero-order valence-electron chi connectivity index (χ0n) is 14.2. The van der Waals surface area contributed by atoms with Crippen LogP contribution in [0.2, 0.25) is 0 Å². The summed E-state index contributed by atoms with van der Waals surface area (Å²) < 4.78 is 7.23. The molecule has 7 heteroatoms. The summed E-state index contributed by atoms with van der Waals surface area (Å²) in [6.45, 7) is 0.434. The normalized spacial score (nSPS) is 10.7. The van der Waals surface area contributed by atoms with Crippen molar-refractivity contribution in [3.8, 4) is 5.75 Å². The van der Waals surface area contributed by atoms with E-state index in [4.69, 9.17) is 4.74 Å². The number of halogens is 1. The molecule has 0 aliphatic rings. The first-order chi connectivity index (χ1) is 12.6. The van der Waals surface area contributed by atoms with Gasteiger partial charge in [-0.25, -0.2) is 4.98 Å². The molecule has 26 heavy (non-hydrogen) atoms. The van der Waals surface area contributed by atoms with Gasteiger partial charge in [0.15, 0.2) is 0 Å². The van der Waals surface area contributed by atoms with Crippen LogP contribution in [-0.2, 0) is 17.8 Å². The van der Waals surface area contributed by atoms with E-state index in [1.165, 1.54) is 10.9 Å². The number of hydrogen-bond donors (Lipinski definition) is 1. The van der Waals surface area contributed by atoms with Crippen LogP contribution in [0, 0.1) is 0 Å². The van der Waals surface area contributed by atoms with Gasteiger partial charge in [0.1, 0.15) is 12.3 Å². The Balaban J connectivity index is 1.60. The van der Waals surface area contributed by atoms with Crippen molar-refractivity contribution in [3.63, 3.8) is 0 Å². The summed E-state index contributed by atoms with van der Waals surface area (Å²) in [5, 5.41) is 3.31. The van der Waals surface area contributed by atoms with Crippen LogP contribution < -0.4 is 15.6 Å². The number of methoxy groups -OCH3 is 1. The number of amides is 1. The minimum Gasteiger partial charge on any atom is -0.497 e. The maximum Gasteiger partial charge on any atom is 0.261 e. The fourth-order valence-corrected chi connectivity index (χ4v) is 2.95. The van der Waals surface area contributed by atoms with Gasteiger partial charge in [-0.2, -0.15) is 0 Å². The highest BCUT2D eigenvalue weighted by Gasteiger charge is 2.08. The van der Waals surface area contributed by atoms with Gasteiger partial charge in [0.25, 0.3) is 5.56 Å². The number of ether oxygens (including phenoxy) is 1. The quantitative estimate of drug-likeness (QED) is 0.671. The number of carbonyl (C=O) groups is 1. The Morgan fingerprint density at radius 3 is 2.73 bits per heavy atom. The molecule has 1 amide bonds. The molecule has 6 nitrogen and oxygen atoms in total. The SMILES string of the molecule is COc1ccc(CCNC(=O)Cn2cnc3ccc(Br)cc3c2=O)cc1. The van der Waals surface area contributed by atoms with Gasteiger partial charge in [-0.3, -0.25) is 14.2 Å². The molecule has 1 N–H and O–H groups in total. The van der Waals surface area contributed by atoms with E-state index in [1.807, 2.05) is 30.3 Å². The van der Waals surface area contributed by atoms with Crippen molar-refractivity contribution < 1.29 is 9.53 Å². The van der Waals surface area contributed by atoms with Crippen LogP contribution in [0.1, 0.15) is 5.56 Å². The predicted octanol–water partition coefficient (Wildman–Crippen LogP) is 2.53. The molecule has 3 rings (SSSR count). The van der Waals surface area contributed by atoms with Crippen LogP contribution in [0.3, 0.4) is 0 Å². The Morgan fingerprint density at radius 1 is 1.23 bits per heavy atom. The van der Waals surface area contributed by atoms with Gasteiger partial charge in [0.2, 0.25) is 5.91 Å². The van der Waals surface area contributed by atoms with Gasteiger partial charge in [-0.15, -0.1) is 0 Å². The zero-order valence-corrected chi connectivity index (χ0v) is 15.8. The summed E-state index contributed by atoms with van der Waals surface area (Å²) in [6.07, 6.45) is 2.11. The van der Waals surface area contributed by atoms with E-state index in [2.05, 4.69) is 26.2 Å². The summed E-state index contributed by atoms with van der Waals surface area (Å²) in [5.74, 6) is 0.573. The zero-order chi connectivity index (χ0) is 18.5. The number of rotatable bonds is 6. The molecule has 0 unspecified atom stereocenters. The molecule has 0 aliphatic heterocycles. The lowest BCUT2D eigenvalue weighted by Crippen LogP contribution is -2.33. The van der Waals surface area contributed by atoms with Crippen molar-refractivity contribution in [2.45, 2.75) is 13.0 Å². The standard InChI is InChI=1S/C19H18BrN3O3/c1-26-15-5-2-13(3-6-15)8-9-21-18(24)11-23-12-22-17-7-4-14(20)10-16(17)19(23)25/h2-7,10,12H,8-9,11H2,1H3,(H,21,24). The maximum atomic E-state index is 12.5. The van der Waals surface area contributed by atoms with Crippen molar-refractivity contribution in [2.24, 2.45) is 0 Å². The third kappa shape index (κ3) is 4.29. The van der Waals surface area contributed by atoms with E-state index in [0.29, 0.717) is 23.9 Å². The van der Waals surface area contributed by atoms with Gasteiger partial charge in [-0.05, 0) is 42.3 Å². The summed E-state index contributed by atoms with van der Waals surface area (Å²) in [6, 6.07) is 13.0. The van der Waals surface area contributed by atoms with E-state index < -0.39 is 0 Å². The number of fused-ring (bicyclic) bond motifs is 1. The predicted molar refractivity (Wildman–Crippen MR) is 103 cm³/mol. The Kier molecular flexibility index (Phi) is 5.68. The molecule has 0 bridgehead atoms. The molecule has 0 spiro atoms. The van der Waals surface area contributed by atoms with Gasteiger partial charge in [0, 0.05) is 11.0 Å². The average molecular weight is 416 g/mol. The Labute approximate surface area is 158 Å². The number of benzene rings is 2. The van der Waals surface area contributed by atoms with Crippen LogP contribution in [0.15, 0.2) is 58.1 Å². The lowest BCUT2D eigenvalue weighted by molar-refractivity contribution is -0.121. The maximum absolute atomic E-state index is 12.5. The van der Waals surface area contributed by atoms with E-state index in [1.54, 1.807) is 19.2 Å². The molecule has 0 radical (unpaired) electrons. The van der Waals surface area contributed by atoms with Crippen LogP contribution >= 0.6 is 15.9 Å². The van der Waals surface area contributed by atoms with Crippen LogP contribution in [0.5, 0.6) is 5.75 Å². The molecule has 1 aromatic heterocycles. The van der Waals surface area contributed by atoms with Crippen molar-refractivity contribution in [1.29, 1.82) is 0 Å². The number of nitrogens with zero attached hydrogens (tertiary/aromatic N) is 2. The molecule has 3 aromatic rings. The fraction of sp³-hybridized carbons (Fsp3) is 0.211. The number of hydrogen-bond acceptors (Lipinski definition) is 4. The minimum atomic E-state index is -0.235. The molecule has 0 saturated heterocycles. The topological polar surface area (TPSA) is 73.2 Å². The van der Waals surface area contributed by atoms with Crippen molar-refractivity contribution in [3.05, 3.63) is 69.2 Å². The van der Waals surface area contributed by atoms with Crippen LogP contribution in [-0.4, -0.2) is 29.1 Å². The highest BCUT2D eigenvalue weighted by molar-refractivity contribution is 9.10. The Hall–Kier alpha value is -2.67. The minimum absolute atomic E-state index is 0.0586. The number of nitrogens with one attached hydrogen (secondary N) is 1. The third-order valence-electron chi connectivity index (χ3n) is 3.99. The molecule has 1 heterocycles. The molecule has 0 saturated carbocycles. The second kappa shape index (κ2) is 8.14. The second-order valence-electron chi connectivity index (χ2n) is 5.79.